The molecule has 0 amide bonds. The van der Waals surface area contributed by atoms with Crippen LogP contribution in [0.3, 0.4) is 0 Å². The summed E-state index contributed by atoms with van der Waals surface area (Å²) in [6, 6.07) is 5.28. The molecule has 0 atom stereocenters. The normalized spacial score (nSPS) is 14.8. The van der Waals surface area contributed by atoms with Gasteiger partial charge in [0.1, 0.15) is 0 Å². The van der Waals surface area contributed by atoms with Crippen LogP contribution >= 0.6 is 11.3 Å². The standard InChI is InChI=1S/C14H11F3N2OS/c15-14(16,17)13-19-7-11(21-13)12(20)9-2-1-8-3-4-18-6-10(8)5-9/h1-2,5,7,18H,3-4,6H2. The maximum Gasteiger partial charge on any atom is 0.443 e. The number of ketones is 1. The molecule has 3 nitrogen and oxygen atoms in total. The van der Waals surface area contributed by atoms with Crippen molar-refractivity contribution in [1.82, 2.24) is 10.3 Å². The minimum absolute atomic E-state index is 0.00560. The van der Waals surface area contributed by atoms with Crippen LogP contribution in [-0.2, 0) is 19.1 Å². The lowest BCUT2D eigenvalue weighted by molar-refractivity contribution is -0.137. The predicted octanol–water partition coefficient (Wildman–Crippen LogP) is 3.04. The van der Waals surface area contributed by atoms with Crippen molar-refractivity contribution >= 4 is 17.1 Å². The van der Waals surface area contributed by atoms with Crippen LogP contribution in [0, 0.1) is 0 Å². The Morgan fingerprint density at radius 3 is 2.81 bits per heavy atom. The van der Waals surface area contributed by atoms with Gasteiger partial charge in [-0.3, -0.25) is 4.79 Å². The Balaban J connectivity index is 1.90. The zero-order valence-electron chi connectivity index (χ0n) is 10.8. The fraction of sp³-hybridized carbons (Fsp3) is 0.286. The highest BCUT2D eigenvalue weighted by atomic mass is 32.1. The Labute approximate surface area is 122 Å². The Morgan fingerprint density at radius 1 is 1.29 bits per heavy atom. The predicted molar refractivity (Wildman–Crippen MR) is 72.4 cm³/mol. The number of nitrogens with zero attached hydrogens (tertiary/aromatic N) is 1. The van der Waals surface area contributed by atoms with Crippen LogP contribution in [-0.4, -0.2) is 17.3 Å². The average Bonchev–Trinajstić information content (AvgIpc) is 2.96. The molecular weight excluding hydrogens is 301 g/mol. The lowest BCUT2D eigenvalue weighted by atomic mass is 9.97. The monoisotopic (exact) mass is 312 g/mol. The largest absolute Gasteiger partial charge is 0.443 e. The van der Waals surface area contributed by atoms with Crippen molar-refractivity contribution in [3.05, 3.63) is 51.0 Å². The number of aromatic nitrogens is 1. The van der Waals surface area contributed by atoms with Crippen molar-refractivity contribution in [2.24, 2.45) is 0 Å². The maximum atomic E-state index is 12.5. The van der Waals surface area contributed by atoms with E-state index in [4.69, 9.17) is 0 Å². The molecule has 3 rings (SSSR count). The second kappa shape index (κ2) is 5.23. The number of fused-ring (bicyclic) bond motifs is 1. The van der Waals surface area contributed by atoms with Gasteiger partial charge in [0, 0.05) is 18.3 Å². The number of hydrogen-bond donors (Lipinski definition) is 1. The number of hydrogen-bond acceptors (Lipinski definition) is 4. The highest BCUT2D eigenvalue weighted by Crippen LogP contribution is 2.33. The Kier molecular flexibility index (Phi) is 3.54. The number of rotatable bonds is 2. The minimum atomic E-state index is -4.51. The van der Waals surface area contributed by atoms with Gasteiger partial charge >= 0.3 is 6.18 Å². The van der Waals surface area contributed by atoms with Gasteiger partial charge in [-0.05, 0) is 30.2 Å². The molecule has 0 bridgehead atoms. The highest BCUT2D eigenvalue weighted by Gasteiger charge is 2.35. The van der Waals surface area contributed by atoms with Crippen LogP contribution in [0.4, 0.5) is 13.2 Å². The topological polar surface area (TPSA) is 42.0 Å². The molecule has 110 valence electrons. The zero-order valence-corrected chi connectivity index (χ0v) is 11.6. The van der Waals surface area contributed by atoms with E-state index in [0.29, 0.717) is 23.4 Å². The molecule has 0 saturated heterocycles. The van der Waals surface area contributed by atoms with Gasteiger partial charge in [-0.2, -0.15) is 13.2 Å². The first-order chi connectivity index (χ1) is 9.95. The zero-order chi connectivity index (χ0) is 15.0. The first kappa shape index (κ1) is 14.2. The Hall–Kier alpha value is -1.73. The summed E-state index contributed by atoms with van der Waals surface area (Å²) in [5, 5.41) is 2.21. The van der Waals surface area contributed by atoms with Gasteiger partial charge in [0.25, 0.3) is 0 Å². The van der Waals surface area contributed by atoms with E-state index in [-0.39, 0.29) is 4.88 Å². The summed E-state index contributed by atoms with van der Waals surface area (Å²) in [5.74, 6) is -0.420. The van der Waals surface area contributed by atoms with E-state index in [0.717, 1.165) is 24.7 Å². The van der Waals surface area contributed by atoms with E-state index < -0.39 is 17.0 Å². The third-order valence-corrected chi connectivity index (χ3v) is 4.37. The van der Waals surface area contributed by atoms with Crippen molar-refractivity contribution in [1.29, 1.82) is 0 Å². The second-order valence-electron chi connectivity index (χ2n) is 4.77. The molecule has 0 fully saturated rings. The summed E-state index contributed by atoms with van der Waals surface area (Å²) in [5.41, 5.74) is 2.59. The molecule has 0 saturated carbocycles. The van der Waals surface area contributed by atoms with Crippen LogP contribution in [0.2, 0.25) is 0 Å². The van der Waals surface area contributed by atoms with Crippen molar-refractivity contribution in [2.75, 3.05) is 6.54 Å². The summed E-state index contributed by atoms with van der Waals surface area (Å²) in [4.78, 5) is 15.5. The molecule has 0 radical (unpaired) electrons. The molecule has 2 heterocycles. The number of halogens is 3. The molecule has 1 aromatic heterocycles. The second-order valence-corrected chi connectivity index (χ2v) is 5.80. The quantitative estimate of drug-likeness (QED) is 0.867. The maximum absolute atomic E-state index is 12.5. The lowest BCUT2D eigenvalue weighted by Gasteiger charge is -2.17. The molecule has 0 spiro atoms. The number of benzene rings is 1. The first-order valence-electron chi connectivity index (χ1n) is 6.35. The Bertz CT molecular complexity index is 694. The first-order valence-corrected chi connectivity index (χ1v) is 7.17. The van der Waals surface area contributed by atoms with Gasteiger partial charge in [-0.25, -0.2) is 4.98 Å². The number of alkyl halides is 3. The fourth-order valence-electron chi connectivity index (χ4n) is 2.27. The van der Waals surface area contributed by atoms with Crippen LogP contribution in [0.1, 0.15) is 31.4 Å². The molecule has 1 aliphatic rings. The van der Waals surface area contributed by atoms with E-state index >= 15 is 0 Å². The van der Waals surface area contributed by atoms with Gasteiger partial charge in [0.05, 0.1) is 4.88 Å². The lowest BCUT2D eigenvalue weighted by Crippen LogP contribution is -2.23. The molecule has 1 N–H and O–H groups in total. The van der Waals surface area contributed by atoms with E-state index in [1.807, 2.05) is 6.07 Å². The summed E-state index contributed by atoms with van der Waals surface area (Å²) < 4.78 is 37.6. The molecule has 1 aromatic carbocycles. The van der Waals surface area contributed by atoms with Gasteiger partial charge in [0.15, 0.2) is 5.01 Å². The number of carbonyl (C=O) groups is 1. The SMILES string of the molecule is O=C(c1ccc2c(c1)CNCC2)c1cnc(C(F)(F)F)s1. The van der Waals surface area contributed by atoms with Crippen molar-refractivity contribution in [2.45, 2.75) is 19.1 Å². The van der Waals surface area contributed by atoms with Crippen LogP contribution in [0.15, 0.2) is 24.4 Å². The number of carbonyl (C=O) groups excluding carboxylic acids is 1. The third-order valence-electron chi connectivity index (χ3n) is 3.33. The summed E-state index contributed by atoms with van der Waals surface area (Å²) in [7, 11) is 0. The van der Waals surface area contributed by atoms with Gasteiger partial charge < -0.3 is 5.32 Å². The van der Waals surface area contributed by atoms with Crippen molar-refractivity contribution in [3.63, 3.8) is 0 Å². The molecule has 1 aliphatic heterocycles. The van der Waals surface area contributed by atoms with E-state index in [9.17, 15) is 18.0 Å². The van der Waals surface area contributed by atoms with Gasteiger partial charge in [-0.1, -0.05) is 12.1 Å². The number of thiazole rings is 1. The molecule has 7 heteroatoms. The molecular formula is C14H11F3N2OS. The van der Waals surface area contributed by atoms with Crippen LogP contribution in [0.25, 0.3) is 0 Å². The van der Waals surface area contributed by atoms with Crippen molar-refractivity contribution < 1.29 is 18.0 Å². The van der Waals surface area contributed by atoms with E-state index in [1.165, 1.54) is 5.56 Å². The molecule has 0 unspecified atom stereocenters. The average molecular weight is 312 g/mol. The summed E-state index contributed by atoms with van der Waals surface area (Å²) >= 11 is 0.379. The van der Waals surface area contributed by atoms with E-state index in [2.05, 4.69) is 10.3 Å². The third kappa shape index (κ3) is 2.84. The highest BCUT2D eigenvalue weighted by molar-refractivity contribution is 7.13. The smallest absolute Gasteiger partial charge is 0.312 e. The molecule has 0 aliphatic carbocycles. The molecule has 2 aromatic rings. The molecule has 21 heavy (non-hydrogen) atoms. The van der Waals surface area contributed by atoms with Gasteiger partial charge in [-0.15, -0.1) is 11.3 Å². The minimum Gasteiger partial charge on any atom is -0.312 e. The van der Waals surface area contributed by atoms with Crippen LogP contribution in [0.5, 0.6) is 0 Å². The van der Waals surface area contributed by atoms with Crippen molar-refractivity contribution in [3.8, 4) is 0 Å². The van der Waals surface area contributed by atoms with Gasteiger partial charge in [0.2, 0.25) is 5.78 Å². The number of nitrogens with one attached hydrogen (secondary N) is 1. The summed E-state index contributed by atoms with van der Waals surface area (Å²) in [6.45, 7) is 1.57. The van der Waals surface area contributed by atoms with E-state index in [1.54, 1.807) is 12.1 Å². The summed E-state index contributed by atoms with van der Waals surface area (Å²) in [6.07, 6.45) is -2.63. The fourth-order valence-corrected chi connectivity index (χ4v) is 3.02. The Morgan fingerprint density at radius 2 is 2.10 bits per heavy atom. The van der Waals surface area contributed by atoms with Crippen LogP contribution < -0.4 is 5.32 Å².